The zero-order valence-electron chi connectivity index (χ0n) is 22.9. The first-order valence-electron chi connectivity index (χ1n) is 13.2. The van der Waals surface area contributed by atoms with Crippen molar-refractivity contribution in [1.29, 1.82) is 0 Å². The van der Waals surface area contributed by atoms with Crippen LogP contribution in [0.15, 0.2) is 48.7 Å². The van der Waals surface area contributed by atoms with Crippen LogP contribution in [-0.4, -0.2) is 29.7 Å². The van der Waals surface area contributed by atoms with Crippen LogP contribution in [0.5, 0.6) is 11.5 Å². The molecule has 0 unspecified atom stereocenters. The second kappa shape index (κ2) is 11.9. The fourth-order valence-corrected chi connectivity index (χ4v) is 4.65. The lowest BCUT2D eigenvalue weighted by Gasteiger charge is -2.20. The number of benzene rings is 2. The molecule has 4 rings (SSSR count). The number of carbonyl (C=O) groups is 1. The van der Waals surface area contributed by atoms with E-state index < -0.39 is 0 Å². The van der Waals surface area contributed by atoms with Gasteiger partial charge in [0, 0.05) is 5.56 Å². The standard InChI is InChI=1S/C31H37FN2O4/c1-6-37-29(35)16-25(20-10-11-20)21-8-7-9-24(14-21)38-19-22-18-33-30(28(34-22)17-31(2,3)4)26-15-23(36-5)12-13-27(26)32/h7-9,12-15,18,20,25H,6,10-11,16-17,19H2,1-5H3/t25-/m0/s1. The summed E-state index contributed by atoms with van der Waals surface area (Å²) in [6.45, 7) is 8.78. The monoisotopic (exact) mass is 520 g/mol. The largest absolute Gasteiger partial charge is 0.497 e. The Bertz CT molecular complexity index is 1270. The van der Waals surface area contributed by atoms with Crippen molar-refractivity contribution in [3.8, 4) is 22.8 Å². The van der Waals surface area contributed by atoms with Gasteiger partial charge < -0.3 is 14.2 Å². The molecule has 0 aliphatic heterocycles. The first-order chi connectivity index (χ1) is 18.2. The molecular weight excluding hydrogens is 483 g/mol. The number of hydrogen-bond donors (Lipinski definition) is 0. The van der Waals surface area contributed by atoms with Gasteiger partial charge in [0.05, 0.1) is 43.4 Å². The molecule has 202 valence electrons. The molecule has 7 heteroatoms. The Labute approximate surface area is 224 Å². The third kappa shape index (κ3) is 7.30. The van der Waals surface area contributed by atoms with E-state index in [4.69, 9.17) is 19.2 Å². The second-order valence-electron chi connectivity index (χ2n) is 11.1. The maximum absolute atomic E-state index is 14.8. The first-order valence-corrected chi connectivity index (χ1v) is 13.2. The molecular formula is C31H37FN2O4. The number of rotatable bonds is 11. The van der Waals surface area contributed by atoms with Gasteiger partial charge in [0.15, 0.2) is 0 Å². The third-order valence-corrected chi connectivity index (χ3v) is 6.58. The summed E-state index contributed by atoms with van der Waals surface area (Å²) >= 11 is 0. The smallest absolute Gasteiger partial charge is 0.306 e. The first kappa shape index (κ1) is 27.6. The summed E-state index contributed by atoms with van der Waals surface area (Å²) < 4.78 is 31.4. The SMILES string of the molecule is CCOC(=O)C[C@H](c1cccc(OCc2cnc(-c3cc(OC)ccc3F)c(CC(C)(C)C)n2)c1)C1CC1. The van der Waals surface area contributed by atoms with Crippen LogP contribution in [0.2, 0.25) is 0 Å². The van der Waals surface area contributed by atoms with Gasteiger partial charge in [0.1, 0.15) is 23.9 Å². The highest BCUT2D eigenvalue weighted by atomic mass is 19.1. The summed E-state index contributed by atoms with van der Waals surface area (Å²) in [6.07, 6.45) is 4.89. The summed E-state index contributed by atoms with van der Waals surface area (Å²) in [6, 6.07) is 12.5. The molecule has 1 saturated carbocycles. The Morgan fingerprint density at radius 3 is 2.61 bits per heavy atom. The lowest BCUT2D eigenvalue weighted by atomic mass is 9.88. The van der Waals surface area contributed by atoms with Crippen molar-refractivity contribution < 1.29 is 23.4 Å². The lowest BCUT2D eigenvalue weighted by Crippen LogP contribution is -2.14. The van der Waals surface area contributed by atoms with Crippen LogP contribution in [0.1, 0.15) is 69.8 Å². The van der Waals surface area contributed by atoms with Gasteiger partial charge in [-0.2, -0.15) is 0 Å². The van der Waals surface area contributed by atoms with Crippen molar-refractivity contribution in [1.82, 2.24) is 9.97 Å². The molecule has 0 spiro atoms. The minimum Gasteiger partial charge on any atom is -0.497 e. The van der Waals surface area contributed by atoms with E-state index in [1.165, 1.54) is 6.07 Å². The zero-order chi connectivity index (χ0) is 27.3. The average Bonchev–Trinajstić information content (AvgIpc) is 3.71. The summed E-state index contributed by atoms with van der Waals surface area (Å²) in [7, 11) is 1.55. The molecule has 1 aromatic heterocycles. The van der Waals surface area contributed by atoms with Gasteiger partial charge in [-0.15, -0.1) is 0 Å². The second-order valence-corrected chi connectivity index (χ2v) is 11.1. The van der Waals surface area contributed by atoms with Crippen molar-refractivity contribution in [2.24, 2.45) is 11.3 Å². The highest BCUT2D eigenvalue weighted by Crippen LogP contribution is 2.45. The number of carbonyl (C=O) groups excluding carboxylic acids is 1. The number of aromatic nitrogens is 2. The molecule has 38 heavy (non-hydrogen) atoms. The van der Waals surface area contributed by atoms with E-state index in [1.807, 2.05) is 31.2 Å². The van der Waals surface area contributed by atoms with Gasteiger partial charge in [-0.3, -0.25) is 14.8 Å². The summed E-state index contributed by atoms with van der Waals surface area (Å²) in [5.41, 5.74) is 3.25. The van der Waals surface area contributed by atoms with E-state index in [0.717, 1.165) is 18.4 Å². The molecule has 0 N–H and O–H groups in total. The summed E-state index contributed by atoms with van der Waals surface area (Å²) in [5, 5.41) is 0. The van der Waals surface area contributed by atoms with Gasteiger partial charge in [-0.05, 0) is 79.3 Å². The Morgan fingerprint density at radius 1 is 1.13 bits per heavy atom. The highest BCUT2D eigenvalue weighted by Gasteiger charge is 2.34. The van der Waals surface area contributed by atoms with Crippen LogP contribution in [0, 0.1) is 17.2 Å². The maximum Gasteiger partial charge on any atom is 0.306 e. The van der Waals surface area contributed by atoms with Crippen LogP contribution in [0.4, 0.5) is 4.39 Å². The van der Waals surface area contributed by atoms with E-state index in [1.54, 1.807) is 25.4 Å². The Morgan fingerprint density at radius 2 is 1.92 bits per heavy atom. The van der Waals surface area contributed by atoms with Crippen molar-refractivity contribution in [3.05, 3.63) is 71.4 Å². The summed E-state index contributed by atoms with van der Waals surface area (Å²) in [4.78, 5) is 21.6. The molecule has 1 fully saturated rings. The van der Waals surface area contributed by atoms with Gasteiger partial charge in [0.2, 0.25) is 0 Å². The molecule has 6 nitrogen and oxygen atoms in total. The predicted molar refractivity (Wildman–Crippen MR) is 145 cm³/mol. The van der Waals surface area contributed by atoms with Gasteiger partial charge in [-0.1, -0.05) is 32.9 Å². The van der Waals surface area contributed by atoms with Crippen LogP contribution >= 0.6 is 0 Å². The van der Waals surface area contributed by atoms with E-state index >= 15 is 0 Å². The third-order valence-electron chi connectivity index (χ3n) is 6.58. The quantitative estimate of drug-likeness (QED) is 0.256. The molecule has 1 aliphatic carbocycles. The lowest BCUT2D eigenvalue weighted by molar-refractivity contribution is -0.143. The molecule has 1 aliphatic rings. The Balaban J connectivity index is 1.55. The van der Waals surface area contributed by atoms with Crippen LogP contribution in [-0.2, 0) is 22.6 Å². The highest BCUT2D eigenvalue weighted by molar-refractivity contribution is 5.70. The van der Waals surface area contributed by atoms with Crippen molar-refractivity contribution in [3.63, 3.8) is 0 Å². The minimum atomic E-state index is -0.371. The topological polar surface area (TPSA) is 70.5 Å². The molecule has 1 heterocycles. The fourth-order valence-electron chi connectivity index (χ4n) is 4.65. The fraction of sp³-hybridized carbons (Fsp3) is 0.452. The van der Waals surface area contributed by atoms with Crippen molar-refractivity contribution in [2.45, 2.75) is 65.9 Å². The van der Waals surface area contributed by atoms with Crippen molar-refractivity contribution in [2.75, 3.05) is 13.7 Å². The molecule has 0 saturated heterocycles. The normalized spacial score (nSPS) is 14.2. The molecule has 2 aromatic carbocycles. The van der Waals surface area contributed by atoms with Crippen LogP contribution < -0.4 is 9.47 Å². The average molecular weight is 521 g/mol. The molecule has 0 amide bonds. The van der Waals surface area contributed by atoms with Crippen molar-refractivity contribution >= 4 is 5.97 Å². The van der Waals surface area contributed by atoms with Crippen LogP contribution in [0.25, 0.3) is 11.3 Å². The number of hydrogen-bond acceptors (Lipinski definition) is 6. The van der Waals surface area contributed by atoms with E-state index in [0.29, 0.717) is 59.5 Å². The number of nitrogens with zero attached hydrogens (tertiary/aromatic N) is 2. The number of esters is 1. The Hall–Kier alpha value is -3.48. The molecule has 3 aromatic rings. The maximum atomic E-state index is 14.8. The summed E-state index contributed by atoms with van der Waals surface area (Å²) in [5.74, 6) is 1.37. The number of halogens is 1. The van der Waals surface area contributed by atoms with Gasteiger partial charge >= 0.3 is 5.97 Å². The van der Waals surface area contributed by atoms with Crippen LogP contribution in [0.3, 0.4) is 0 Å². The number of ether oxygens (including phenoxy) is 3. The number of methoxy groups -OCH3 is 1. The van der Waals surface area contributed by atoms with E-state index in [-0.39, 0.29) is 29.7 Å². The van der Waals surface area contributed by atoms with E-state index in [2.05, 4.69) is 25.8 Å². The molecule has 1 atom stereocenters. The molecule has 0 radical (unpaired) electrons. The van der Waals surface area contributed by atoms with Gasteiger partial charge in [-0.25, -0.2) is 4.39 Å². The van der Waals surface area contributed by atoms with Gasteiger partial charge in [0.25, 0.3) is 0 Å². The minimum absolute atomic E-state index is 0.0800. The molecule has 0 bridgehead atoms. The Kier molecular flexibility index (Phi) is 8.65. The zero-order valence-corrected chi connectivity index (χ0v) is 22.9. The van der Waals surface area contributed by atoms with E-state index in [9.17, 15) is 9.18 Å². The predicted octanol–water partition coefficient (Wildman–Crippen LogP) is 6.91.